The molecule has 0 saturated heterocycles. The maximum atomic E-state index is 12.3. The molecule has 6 nitrogen and oxygen atoms in total. The Bertz CT molecular complexity index is 1250. The number of benzene rings is 3. The van der Waals surface area contributed by atoms with Crippen molar-refractivity contribution in [3.05, 3.63) is 76.0 Å². The summed E-state index contributed by atoms with van der Waals surface area (Å²) < 4.78 is 22.2. The number of fused-ring (bicyclic) bond motifs is 1. The normalized spacial score (nSPS) is 10.7. The first kappa shape index (κ1) is 19.7. The highest BCUT2D eigenvalue weighted by atomic mass is 32.1. The summed E-state index contributed by atoms with van der Waals surface area (Å²) in [7, 11) is 1.53. The number of ether oxygens (including phenoxy) is 3. The van der Waals surface area contributed by atoms with Gasteiger partial charge in [-0.2, -0.15) is 0 Å². The number of hydrogen-bond donors (Lipinski definition) is 0. The molecule has 0 fully saturated rings. The zero-order chi connectivity index (χ0) is 21.1. The fourth-order valence-electron chi connectivity index (χ4n) is 2.99. The minimum Gasteiger partial charge on any atom is -0.493 e. The third kappa shape index (κ3) is 4.21. The molecule has 4 rings (SSSR count). The Morgan fingerprint density at radius 2 is 1.77 bits per heavy atom. The predicted molar refractivity (Wildman–Crippen MR) is 115 cm³/mol. The summed E-state index contributed by atoms with van der Waals surface area (Å²) in [6.45, 7) is 1.70. The maximum Gasteiger partial charge on any atom is 0.396 e. The van der Waals surface area contributed by atoms with E-state index in [0.717, 1.165) is 22.5 Å². The van der Waals surface area contributed by atoms with Crippen LogP contribution in [0, 0.1) is 6.92 Å². The zero-order valence-electron chi connectivity index (χ0n) is 16.3. The molecular formula is C23H18O6S. The molecule has 1 aromatic heterocycles. The molecule has 3 aromatic carbocycles. The van der Waals surface area contributed by atoms with Crippen LogP contribution < -0.4 is 19.1 Å². The van der Waals surface area contributed by atoms with Gasteiger partial charge in [0.25, 0.3) is 0 Å². The van der Waals surface area contributed by atoms with Gasteiger partial charge in [-0.25, -0.2) is 9.59 Å². The lowest BCUT2D eigenvalue weighted by Crippen LogP contribution is -2.18. The molecule has 0 radical (unpaired) electrons. The molecule has 0 atom stereocenters. The van der Waals surface area contributed by atoms with E-state index >= 15 is 0 Å². The van der Waals surface area contributed by atoms with Crippen LogP contribution in [0.5, 0.6) is 17.2 Å². The number of rotatable bonds is 6. The lowest BCUT2D eigenvalue weighted by atomic mass is 10.0. The molecule has 30 heavy (non-hydrogen) atoms. The highest BCUT2D eigenvalue weighted by molar-refractivity contribution is 7.16. The summed E-state index contributed by atoms with van der Waals surface area (Å²) in [4.78, 5) is 23.7. The van der Waals surface area contributed by atoms with E-state index in [-0.39, 0.29) is 6.61 Å². The largest absolute Gasteiger partial charge is 0.493 e. The van der Waals surface area contributed by atoms with E-state index < -0.39 is 10.9 Å². The van der Waals surface area contributed by atoms with Crippen molar-refractivity contribution in [2.45, 2.75) is 6.92 Å². The summed E-state index contributed by atoms with van der Waals surface area (Å²) in [5, 5.41) is 0. The van der Waals surface area contributed by atoms with Gasteiger partial charge in [0.1, 0.15) is 5.75 Å². The topological polar surface area (TPSA) is 75.0 Å². The first-order valence-corrected chi connectivity index (χ1v) is 9.96. The lowest BCUT2D eigenvalue weighted by molar-refractivity contribution is -0.136. The van der Waals surface area contributed by atoms with E-state index in [1.54, 1.807) is 30.3 Å². The predicted octanol–water partition coefficient (Wildman–Crippen LogP) is 4.82. The highest BCUT2D eigenvalue weighted by Crippen LogP contribution is 2.34. The van der Waals surface area contributed by atoms with Crippen molar-refractivity contribution in [1.82, 2.24) is 0 Å². The molecule has 0 aliphatic heterocycles. The van der Waals surface area contributed by atoms with Crippen LogP contribution in [0.15, 0.2) is 69.9 Å². The number of methoxy groups -OCH3 is 1. The maximum absolute atomic E-state index is 12.3. The van der Waals surface area contributed by atoms with E-state index in [1.165, 1.54) is 7.11 Å². The van der Waals surface area contributed by atoms with Crippen LogP contribution in [-0.2, 0) is 4.79 Å². The highest BCUT2D eigenvalue weighted by Gasteiger charge is 2.15. The summed E-state index contributed by atoms with van der Waals surface area (Å²) in [6, 6.07) is 18.1. The molecule has 1 heterocycles. The van der Waals surface area contributed by atoms with Crippen LogP contribution in [0.1, 0.15) is 5.56 Å². The molecule has 7 heteroatoms. The molecule has 0 aliphatic carbocycles. The number of esters is 1. The summed E-state index contributed by atoms with van der Waals surface area (Å²) in [5.74, 6) is 0.701. The Balaban J connectivity index is 1.59. The van der Waals surface area contributed by atoms with Crippen molar-refractivity contribution in [3.8, 4) is 28.4 Å². The van der Waals surface area contributed by atoms with Gasteiger partial charge in [0.05, 0.1) is 11.8 Å². The third-order valence-electron chi connectivity index (χ3n) is 4.42. The molecule has 152 valence electrons. The summed E-state index contributed by atoms with van der Waals surface area (Å²) in [6.07, 6.45) is 0. The van der Waals surface area contributed by atoms with Crippen LogP contribution >= 0.6 is 11.3 Å². The van der Waals surface area contributed by atoms with Crippen LogP contribution in [-0.4, -0.2) is 19.7 Å². The second-order valence-corrected chi connectivity index (χ2v) is 7.51. The van der Waals surface area contributed by atoms with Gasteiger partial charge in [-0.05, 0) is 30.7 Å². The second-order valence-electron chi connectivity index (χ2n) is 6.53. The first-order valence-electron chi connectivity index (χ1n) is 9.15. The summed E-state index contributed by atoms with van der Waals surface area (Å²) >= 11 is 0.959. The van der Waals surface area contributed by atoms with Gasteiger partial charge < -0.3 is 18.6 Å². The third-order valence-corrected chi connectivity index (χ3v) is 5.19. The zero-order valence-corrected chi connectivity index (χ0v) is 17.2. The molecule has 0 aliphatic rings. The van der Waals surface area contributed by atoms with Crippen molar-refractivity contribution in [2.75, 3.05) is 13.7 Å². The fourth-order valence-corrected chi connectivity index (χ4v) is 3.72. The van der Waals surface area contributed by atoms with Crippen molar-refractivity contribution in [2.24, 2.45) is 0 Å². The SMILES string of the molecule is COc1ccccc1OCC(=O)Oc1cc(-c2ccc(C)cc2)c2oc(=O)sc2c1. The minimum atomic E-state index is -0.578. The minimum absolute atomic E-state index is 0.292. The number of hydrogen-bond acceptors (Lipinski definition) is 7. The fraction of sp³-hybridized carbons (Fsp3) is 0.130. The van der Waals surface area contributed by atoms with Crippen LogP contribution in [0.3, 0.4) is 0 Å². The van der Waals surface area contributed by atoms with Crippen LogP contribution in [0.4, 0.5) is 0 Å². The summed E-state index contributed by atoms with van der Waals surface area (Å²) in [5.41, 5.74) is 3.12. The smallest absolute Gasteiger partial charge is 0.396 e. The average Bonchev–Trinajstić information content (AvgIpc) is 3.12. The number of aryl methyl sites for hydroxylation is 1. The van der Waals surface area contributed by atoms with E-state index in [9.17, 15) is 9.59 Å². The van der Waals surface area contributed by atoms with Crippen molar-refractivity contribution >= 4 is 27.6 Å². The monoisotopic (exact) mass is 422 g/mol. The molecular weight excluding hydrogens is 404 g/mol. The Labute approximate surface area is 176 Å². The van der Waals surface area contributed by atoms with Gasteiger partial charge in [0, 0.05) is 11.6 Å². The molecule has 0 unspecified atom stereocenters. The number of para-hydroxylation sites is 2. The Morgan fingerprint density at radius 1 is 1.03 bits per heavy atom. The average molecular weight is 422 g/mol. The van der Waals surface area contributed by atoms with E-state index in [0.29, 0.717) is 33.1 Å². The van der Waals surface area contributed by atoms with Crippen LogP contribution in [0.2, 0.25) is 0 Å². The molecule has 0 spiro atoms. The van der Waals surface area contributed by atoms with Crippen molar-refractivity contribution in [1.29, 1.82) is 0 Å². The molecule has 0 amide bonds. The van der Waals surface area contributed by atoms with Gasteiger partial charge in [0.2, 0.25) is 0 Å². The Hall–Kier alpha value is -3.58. The number of carbonyl (C=O) groups is 1. The Kier molecular flexibility index (Phi) is 5.54. The van der Waals surface area contributed by atoms with Crippen molar-refractivity contribution in [3.63, 3.8) is 0 Å². The van der Waals surface area contributed by atoms with Gasteiger partial charge >= 0.3 is 10.9 Å². The van der Waals surface area contributed by atoms with E-state index in [1.807, 2.05) is 37.3 Å². The van der Waals surface area contributed by atoms with Crippen LogP contribution in [0.25, 0.3) is 21.4 Å². The first-order chi connectivity index (χ1) is 14.5. The van der Waals surface area contributed by atoms with Gasteiger partial charge in [-0.15, -0.1) is 0 Å². The quantitative estimate of drug-likeness (QED) is 0.327. The molecule has 0 N–H and O–H groups in total. The lowest BCUT2D eigenvalue weighted by Gasteiger charge is -2.11. The van der Waals surface area contributed by atoms with Gasteiger partial charge in [-0.3, -0.25) is 0 Å². The van der Waals surface area contributed by atoms with E-state index in [2.05, 4.69) is 0 Å². The Morgan fingerprint density at radius 3 is 2.50 bits per heavy atom. The standard InChI is InChI=1S/C23H18O6S/c1-14-7-9-15(10-8-14)17-11-16(12-20-22(17)29-23(25)30-20)28-21(24)13-27-19-6-4-3-5-18(19)26-2/h3-12H,13H2,1-2H3. The molecule has 0 bridgehead atoms. The van der Waals surface area contributed by atoms with Gasteiger partial charge in [0.15, 0.2) is 23.7 Å². The molecule has 4 aromatic rings. The number of carbonyl (C=O) groups excluding carboxylic acids is 1. The van der Waals surface area contributed by atoms with Crippen molar-refractivity contribution < 1.29 is 23.4 Å². The van der Waals surface area contributed by atoms with E-state index in [4.69, 9.17) is 18.6 Å². The molecule has 0 saturated carbocycles. The van der Waals surface area contributed by atoms with Gasteiger partial charge in [-0.1, -0.05) is 53.3 Å². The second kappa shape index (κ2) is 8.42.